The Labute approximate surface area is 175 Å². The fraction of sp³-hybridized carbons (Fsp3) is 0.348. The topological polar surface area (TPSA) is 29.3 Å². The van der Waals surface area contributed by atoms with Gasteiger partial charge >= 0.3 is 0 Å². The number of hydrogen-bond acceptors (Lipinski definition) is 3. The highest BCUT2D eigenvalue weighted by molar-refractivity contribution is 6.32. The average Bonchev–Trinajstić information content (AvgIpc) is 3.32. The van der Waals surface area contributed by atoms with Gasteiger partial charge in [0, 0.05) is 28.0 Å². The Balaban J connectivity index is 1.56. The van der Waals surface area contributed by atoms with E-state index in [-0.39, 0.29) is 6.04 Å². The van der Waals surface area contributed by atoms with Crippen molar-refractivity contribution in [1.82, 2.24) is 9.88 Å². The lowest BCUT2D eigenvalue weighted by molar-refractivity contribution is 0.0886. The second-order valence-electron chi connectivity index (χ2n) is 7.85. The maximum atomic E-state index is 6.67. The van der Waals surface area contributed by atoms with Crippen LogP contribution in [0.25, 0.3) is 0 Å². The van der Waals surface area contributed by atoms with Crippen molar-refractivity contribution in [2.24, 2.45) is 0 Å². The molecular weight excluding hydrogens is 391 g/mol. The molecule has 2 bridgehead atoms. The first-order valence-electron chi connectivity index (χ1n) is 9.87. The standard InChI is InChI=1S/C23H22Cl2N2O/c24-20-7-3-1-5-18(20)23(19-6-2-4-8-21(19)25)27-16-9-10-17(27)12-15(11-16)22-13-26-14-28-22/h1-8,13-17,23H,9-12H2/t15?,16-,17+. The van der Waals surface area contributed by atoms with E-state index in [2.05, 4.69) is 34.1 Å². The summed E-state index contributed by atoms with van der Waals surface area (Å²) < 4.78 is 5.63. The van der Waals surface area contributed by atoms with Crippen LogP contribution in [0.5, 0.6) is 0 Å². The summed E-state index contributed by atoms with van der Waals surface area (Å²) in [6.45, 7) is 0. The summed E-state index contributed by atoms with van der Waals surface area (Å²) in [4.78, 5) is 6.79. The molecule has 5 rings (SSSR count). The van der Waals surface area contributed by atoms with Gasteiger partial charge in [-0.3, -0.25) is 4.90 Å². The maximum absolute atomic E-state index is 6.67. The second kappa shape index (κ2) is 7.55. The van der Waals surface area contributed by atoms with E-state index in [1.807, 2.05) is 30.5 Å². The Bertz CT molecular complexity index is 899. The van der Waals surface area contributed by atoms with Crippen LogP contribution in [-0.4, -0.2) is 22.0 Å². The molecule has 3 heterocycles. The van der Waals surface area contributed by atoms with E-state index in [4.69, 9.17) is 27.6 Å². The summed E-state index contributed by atoms with van der Waals surface area (Å²) in [6, 6.07) is 17.3. The molecule has 0 N–H and O–H groups in total. The molecule has 5 heteroatoms. The van der Waals surface area contributed by atoms with E-state index in [9.17, 15) is 0 Å². The van der Waals surface area contributed by atoms with Gasteiger partial charge in [0.25, 0.3) is 0 Å². The summed E-state index contributed by atoms with van der Waals surface area (Å²) in [5.74, 6) is 1.46. The van der Waals surface area contributed by atoms with Crippen molar-refractivity contribution in [2.45, 2.75) is 49.7 Å². The number of hydrogen-bond donors (Lipinski definition) is 0. The van der Waals surface area contributed by atoms with Crippen LogP contribution in [0.2, 0.25) is 10.0 Å². The Morgan fingerprint density at radius 1 is 0.893 bits per heavy atom. The molecule has 2 aromatic carbocycles. The molecule has 3 atom stereocenters. The monoisotopic (exact) mass is 412 g/mol. The van der Waals surface area contributed by atoms with Gasteiger partial charge in [-0.2, -0.15) is 0 Å². The Morgan fingerprint density at radius 2 is 1.46 bits per heavy atom. The summed E-state index contributed by atoms with van der Waals surface area (Å²) >= 11 is 13.3. The van der Waals surface area contributed by atoms with Crippen molar-refractivity contribution in [2.75, 3.05) is 0 Å². The van der Waals surface area contributed by atoms with Crippen LogP contribution in [0, 0.1) is 0 Å². The molecule has 2 aliphatic rings. The van der Waals surface area contributed by atoms with E-state index in [0.29, 0.717) is 18.0 Å². The summed E-state index contributed by atoms with van der Waals surface area (Å²) in [7, 11) is 0. The van der Waals surface area contributed by atoms with Crippen LogP contribution in [0.3, 0.4) is 0 Å². The fourth-order valence-electron chi connectivity index (χ4n) is 5.18. The molecule has 0 saturated carbocycles. The fourth-order valence-corrected chi connectivity index (χ4v) is 5.66. The van der Waals surface area contributed by atoms with E-state index in [1.165, 1.54) is 12.8 Å². The number of fused-ring (bicyclic) bond motifs is 2. The first-order chi connectivity index (χ1) is 13.7. The predicted octanol–water partition coefficient (Wildman–Crippen LogP) is 6.48. The molecule has 0 amide bonds. The number of rotatable bonds is 4. The number of piperidine rings is 1. The van der Waals surface area contributed by atoms with Crippen LogP contribution in [-0.2, 0) is 0 Å². The molecule has 0 aliphatic carbocycles. The highest BCUT2D eigenvalue weighted by atomic mass is 35.5. The van der Waals surface area contributed by atoms with Gasteiger partial charge in [0.15, 0.2) is 6.39 Å². The van der Waals surface area contributed by atoms with Gasteiger partial charge in [0.1, 0.15) is 5.76 Å². The molecule has 3 nitrogen and oxygen atoms in total. The van der Waals surface area contributed by atoms with Crippen molar-refractivity contribution in [3.05, 3.63) is 88.1 Å². The first-order valence-corrected chi connectivity index (χ1v) is 10.6. The minimum absolute atomic E-state index is 0.0653. The Hall–Kier alpha value is -1.81. The molecule has 28 heavy (non-hydrogen) atoms. The number of nitrogens with zero attached hydrogens (tertiary/aromatic N) is 2. The highest BCUT2D eigenvalue weighted by Gasteiger charge is 2.46. The quantitative estimate of drug-likeness (QED) is 0.490. The lowest BCUT2D eigenvalue weighted by Gasteiger charge is -2.44. The number of oxazole rings is 1. The van der Waals surface area contributed by atoms with Gasteiger partial charge in [-0.15, -0.1) is 0 Å². The van der Waals surface area contributed by atoms with E-state index in [0.717, 1.165) is 39.8 Å². The molecule has 1 aromatic heterocycles. The minimum Gasteiger partial charge on any atom is -0.448 e. The summed E-state index contributed by atoms with van der Waals surface area (Å²) in [5, 5.41) is 1.59. The molecule has 0 radical (unpaired) electrons. The molecule has 0 spiro atoms. The molecule has 2 aliphatic heterocycles. The number of halogens is 2. The van der Waals surface area contributed by atoms with Crippen LogP contribution in [0.4, 0.5) is 0 Å². The van der Waals surface area contributed by atoms with Gasteiger partial charge in [0.05, 0.1) is 12.2 Å². The van der Waals surface area contributed by atoms with E-state index >= 15 is 0 Å². The number of benzene rings is 2. The SMILES string of the molecule is Clc1ccccc1C(c1ccccc1Cl)N1[C@@H]2CC[C@H]1CC(c1cnco1)C2. The Morgan fingerprint density at radius 3 is 1.96 bits per heavy atom. The zero-order chi connectivity index (χ0) is 19.1. The van der Waals surface area contributed by atoms with Crippen LogP contribution in [0.15, 0.2) is 65.5 Å². The normalized spacial score (nSPS) is 24.8. The third-order valence-corrected chi connectivity index (χ3v) is 7.03. The highest BCUT2D eigenvalue weighted by Crippen LogP contribution is 2.50. The molecule has 144 valence electrons. The van der Waals surface area contributed by atoms with Crippen molar-refractivity contribution in [1.29, 1.82) is 0 Å². The predicted molar refractivity (Wildman–Crippen MR) is 112 cm³/mol. The van der Waals surface area contributed by atoms with E-state index < -0.39 is 0 Å². The van der Waals surface area contributed by atoms with Crippen molar-refractivity contribution in [3.8, 4) is 0 Å². The van der Waals surface area contributed by atoms with Gasteiger partial charge < -0.3 is 4.42 Å². The van der Waals surface area contributed by atoms with Crippen molar-refractivity contribution < 1.29 is 4.42 Å². The summed E-state index contributed by atoms with van der Waals surface area (Å²) in [6.07, 6.45) is 7.97. The smallest absolute Gasteiger partial charge is 0.180 e. The van der Waals surface area contributed by atoms with E-state index in [1.54, 1.807) is 6.39 Å². The third kappa shape index (κ3) is 3.16. The van der Waals surface area contributed by atoms with Gasteiger partial charge in [0.2, 0.25) is 0 Å². The molecule has 1 unspecified atom stereocenters. The van der Waals surface area contributed by atoms with Gasteiger partial charge in [-0.05, 0) is 48.9 Å². The lowest BCUT2D eigenvalue weighted by atomic mass is 9.85. The third-order valence-electron chi connectivity index (χ3n) is 6.34. The minimum atomic E-state index is 0.0653. The van der Waals surface area contributed by atoms with Crippen molar-refractivity contribution >= 4 is 23.2 Å². The van der Waals surface area contributed by atoms with Gasteiger partial charge in [-0.25, -0.2) is 4.98 Å². The van der Waals surface area contributed by atoms with Gasteiger partial charge in [-0.1, -0.05) is 59.6 Å². The molecule has 3 aromatic rings. The second-order valence-corrected chi connectivity index (χ2v) is 8.66. The average molecular weight is 413 g/mol. The zero-order valence-corrected chi connectivity index (χ0v) is 17.0. The van der Waals surface area contributed by atoms with Crippen LogP contribution < -0.4 is 0 Å². The number of aromatic nitrogens is 1. The maximum Gasteiger partial charge on any atom is 0.180 e. The first kappa shape index (κ1) is 18.2. The largest absolute Gasteiger partial charge is 0.448 e. The Kier molecular flexibility index (Phi) is 4.92. The molecule has 2 saturated heterocycles. The van der Waals surface area contributed by atoms with Crippen LogP contribution >= 0.6 is 23.2 Å². The summed E-state index contributed by atoms with van der Waals surface area (Å²) in [5.41, 5.74) is 2.26. The lowest BCUT2D eigenvalue weighted by Crippen LogP contribution is -2.45. The van der Waals surface area contributed by atoms with Crippen molar-refractivity contribution in [3.63, 3.8) is 0 Å². The zero-order valence-electron chi connectivity index (χ0n) is 15.5. The van der Waals surface area contributed by atoms with Crippen LogP contribution in [0.1, 0.15) is 54.5 Å². The molecular formula is C23H22Cl2N2O. The molecule has 2 fully saturated rings.